The number of nitrogens with one attached hydrogen (secondary N) is 1. The summed E-state index contributed by atoms with van der Waals surface area (Å²) in [4.78, 5) is 18.1. The van der Waals surface area contributed by atoms with Crippen LogP contribution in [0.25, 0.3) is 10.9 Å². The van der Waals surface area contributed by atoms with Crippen molar-refractivity contribution < 1.29 is 27.7 Å². The fourth-order valence-corrected chi connectivity index (χ4v) is 6.87. The number of aliphatic hydroxyl groups is 1. The SMILES string of the molecule is COc1ccc2cc(CN([C@H]3CCC[C@@H]3O)S(=O)(=O)c3ccc4c(c3)OCCN4C)c(=O)[nH]c2c1OC. The second-order valence-electron chi connectivity index (χ2n) is 9.40. The van der Waals surface area contributed by atoms with E-state index in [1.165, 1.54) is 24.6 Å². The number of aromatic amines is 1. The van der Waals surface area contributed by atoms with Crippen LogP contribution < -0.4 is 24.7 Å². The summed E-state index contributed by atoms with van der Waals surface area (Å²) in [7, 11) is 0.836. The molecule has 0 unspecified atom stereocenters. The lowest BCUT2D eigenvalue weighted by Gasteiger charge is -2.31. The average molecular weight is 530 g/mol. The van der Waals surface area contributed by atoms with E-state index in [9.17, 15) is 18.3 Å². The lowest BCUT2D eigenvalue weighted by Crippen LogP contribution is -2.44. The number of nitrogens with zero attached hydrogens (tertiary/aromatic N) is 2. The summed E-state index contributed by atoms with van der Waals surface area (Å²) in [6, 6.07) is 9.31. The van der Waals surface area contributed by atoms with Crippen LogP contribution in [0.2, 0.25) is 0 Å². The molecule has 5 rings (SSSR count). The van der Waals surface area contributed by atoms with Crippen LogP contribution in [0.3, 0.4) is 0 Å². The Balaban J connectivity index is 1.58. The third kappa shape index (κ3) is 4.51. The number of sulfonamides is 1. The van der Waals surface area contributed by atoms with Crippen molar-refractivity contribution in [3.8, 4) is 17.2 Å². The Morgan fingerprint density at radius 1 is 1.16 bits per heavy atom. The number of benzene rings is 2. The van der Waals surface area contributed by atoms with Crippen LogP contribution in [0.15, 0.2) is 46.1 Å². The van der Waals surface area contributed by atoms with E-state index in [1.54, 1.807) is 30.3 Å². The van der Waals surface area contributed by atoms with E-state index in [1.807, 2.05) is 11.9 Å². The summed E-state index contributed by atoms with van der Waals surface area (Å²) in [5.74, 6) is 1.35. The van der Waals surface area contributed by atoms with Crippen LogP contribution >= 0.6 is 0 Å². The van der Waals surface area contributed by atoms with Gasteiger partial charge in [0.25, 0.3) is 5.56 Å². The second-order valence-corrected chi connectivity index (χ2v) is 11.3. The van der Waals surface area contributed by atoms with E-state index in [-0.39, 0.29) is 17.0 Å². The number of hydrogen-bond acceptors (Lipinski definition) is 8. The molecule has 1 saturated carbocycles. The van der Waals surface area contributed by atoms with Crippen molar-refractivity contribution in [2.24, 2.45) is 0 Å². The highest BCUT2D eigenvalue weighted by Gasteiger charge is 2.39. The molecule has 1 aliphatic carbocycles. The molecule has 2 atom stereocenters. The summed E-state index contributed by atoms with van der Waals surface area (Å²) in [5.41, 5.74) is 1.09. The Hall–Kier alpha value is -3.28. The predicted molar refractivity (Wildman–Crippen MR) is 139 cm³/mol. The lowest BCUT2D eigenvalue weighted by atomic mass is 10.1. The van der Waals surface area contributed by atoms with E-state index in [0.717, 1.165) is 5.69 Å². The zero-order valence-corrected chi connectivity index (χ0v) is 21.9. The molecule has 2 heterocycles. The summed E-state index contributed by atoms with van der Waals surface area (Å²) < 4.78 is 45.7. The maximum Gasteiger partial charge on any atom is 0.253 e. The molecule has 3 aromatic rings. The molecule has 2 aliphatic rings. The Labute approximate surface area is 215 Å². The highest BCUT2D eigenvalue weighted by atomic mass is 32.2. The Kier molecular flexibility index (Phi) is 6.78. The minimum atomic E-state index is -4.08. The minimum absolute atomic E-state index is 0.0595. The van der Waals surface area contributed by atoms with Crippen molar-refractivity contribution in [3.05, 3.63) is 52.3 Å². The molecular formula is C26H31N3O7S. The van der Waals surface area contributed by atoms with E-state index < -0.39 is 27.7 Å². The van der Waals surface area contributed by atoms with Crippen molar-refractivity contribution >= 4 is 26.6 Å². The largest absolute Gasteiger partial charge is 0.493 e. The Morgan fingerprint density at radius 3 is 2.68 bits per heavy atom. The molecule has 1 aromatic heterocycles. The molecule has 11 heteroatoms. The molecule has 0 radical (unpaired) electrons. The van der Waals surface area contributed by atoms with Crippen molar-refractivity contribution in [2.45, 2.75) is 42.8 Å². The zero-order chi connectivity index (χ0) is 26.3. The van der Waals surface area contributed by atoms with E-state index in [0.29, 0.717) is 60.6 Å². The first-order valence-corrected chi connectivity index (χ1v) is 13.6. The number of fused-ring (bicyclic) bond motifs is 2. The zero-order valence-electron chi connectivity index (χ0n) is 21.1. The minimum Gasteiger partial charge on any atom is -0.493 e. The molecule has 0 saturated heterocycles. The summed E-state index contributed by atoms with van der Waals surface area (Å²) >= 11 is 0. The van der Waals surface area contributed by atoms with Crippen molar-refractivity contribution in [2.75, 3.05) is 39.3 Å². The highest BCUT2D eigenvalue weighted by Crippen LogP contribution is 2.37. The van der Waals surface area contributed by atoms with Gasteiger partial charge in [-0.3, -0.25) is 4.79 Å². The average Bonchev–Trinajstić information content (AvgIpc) is 3.31. The summed E-state index contributed by atoms with van der Waals surface area (Å²) in [6.45, 7) is 0.973. The molecule has 198 valence electrons. The standard InChI is InChI=1S/C26H31N3O7S/c1-28-11-12-36-23-14-18(8-9-20(23)28)37(32,33)29(19-5-4-6-21(19)30)15-17-13-16-7-10-22(34-2)25(35-3)24(16)27-26(17)31/h7-10,13-14,19,21,30H,4-6,11-12,15H2,1-3H3,(H,27,31)/t19-,21-/m0/s1. The maximum absolute atomic E-state index is 14.0. The van der Waals surface area contributed by atoms with Crippen molar-refractivity contribution in [1.82, 2.24) is 9.29 Å². The molecule has 2 N–H and O–H groups in total. The molecular weight excluding hydrogens is 498 g/mol. The Morgan fingerprint density at radius 2 is 1.97 bits per heavy atom. The van der Waals surface area contributed by atoms with Gasteiger partial charge in [-0.25, -0.2) is 8.42 Å². The first-order valence-electron chi connectivity index (χ1n) is 12.2. The van der Waals surface area contributed by atoms with Gasteiger partial charge in [-0.2, -0.15) is 4.31 Å². The summed E-state index contributed by atoms with van der Waals surface area (Å²) in [5, 5.41) is 11.4. The molecule has 2 aromatic carbocycles. The van der Waals surface area contributed by atoms with Gasteiger partial charge in [0.2, 0.25) is 10.0 Å². The third-order valence-corrected chi connectivity index (χ3v) is 9.08. The molecule has 1 fully saturated rings. The monoisotopic (exact) mass is 529 g/mol. The van der Waals surface area contributed by atoms with Crippen molar-refractivity contribution in [1.29, 1.82) is 0 Å². The smallest absolute Gasteiger partial charge is 0.253 e. The van der Waals surface area contributed by atoms with Crippen LogP contribution in [0.1, 0.15) is 24.8 Å². The fourth-order valence-electron chi connectivity index (χ4n) is 5.20. The second kappa shape index (κ2) is 9.88. The van der Waals surface area contributed by atoms with Gasteiger partial charge in [-0.15, -0.1) is 0 Å². The van der Waals surface area contributed by atoms with Crippen LogP contribution in [0.4, 0.5) is 5.69 Å². The van der Waals surface area contributed by atoms with Crippen LogP contribution in [0, 0.1) is 0 Å². The van der Waals surface area contributed by atoms with Gasteiger partial charge in [0.05, 0.1) is 49.0 Å². The van der Waals surface area contributed by atoms with Crippen LogP contribution in [-0.4, -0.2) is 69.4 Å². The van der Waals surface area contributed by atoms with E-state index >= 15 is 0 Å². The van der Waals surface area contributed by atoms with Gasteiger partial charge < -0.3 is 29.2 Å². The van der Waals surface area contributed by atoms with Crippen molar-refractivity contribution in [3.63, 3.8) is 0 Å². The Bertz CT molecular complexity index is 1490. The number of anilines is 1. The molecule has 0 spiro atoms. The fraction of sp³-hybridized carbons (Fsp3) is 0.423. The number of aromatic nitrogens is 1. The molecule has 37 heavy (non-hydrogen) atoms. The van der Waals surface area contributed by atoms with Gasteiger partial charge in [0.1, 0.15) is 12.4 Å². The van der Waals surface area contributed by atoms with Crippen LogP contribution in [-0.2, 0) is 16.6 Å². The number of ether oxygens (including phenoxy) is 3. The maximum atomic E-state index is 14.0. The quantitative estimate of drug-likeness (QED) is 0.479. The molecule has 1 aliphatic heterocycles. The van der Waals surface area contributed by atoms with Gasteiger partial charge in [0.15, 0.2) is 11.5 Å². The number of rotatable bonds is 7. The van der Waals surface area contributed by atoms with E-state index in [4.69, 9.17) is 14.2 Å². The number of methoxy groups -OCH3 is 2. The number of hydrogen-bond donors (Lipinski definition) is 2. The van der Waals surface area contributed by atoms with Crippen LogP contribution in [0.5, 0.6) is 17.2 Å². The van der Waals surface area contributed by atoms with Gasteiger partial charge in [0, 0.05) is 30.6 Å². The topological polar surface area (TPSA) is 121 Å². The summed E-state index contributed by atoms with van der Waals surface area (Å²) in [6.07, 6.45) is 0.876. The first kappa shape index (κ1) is 25.4. The molecule has 0 amide bonds. The van der Waals surface area contributed by atoms with E-state index in [2.05, 4.69) is 4.98 Å². The first-order chi connectivity index (χ1) is 17.7. The predicted octanol–water partition coefficient (Wildman–Crippen LogP) is 2.48. The van der Waals surface area contributed by atoms with Gasteiger partial charge in [-0.05, 0) is 49.6 Å². The number of pyridine rings is 1. The number of aliphatic hydroxyl groups excluding tert-OH is 1. The third-order valence-electron chi connectivity index (χ3n) is 7.21. The molecule has 10 nitrogen and oxygen atoms in total. The van der Waals surface area contributed by atoms with Gasteiger partial charge >= 0.3 is 0 Å². The van der Waals surface area contributed by atoms with Gasteiger partial charge in [-0.1, -0.05) is 0 Å². The molecule has 0 bridgehead atoms. The number of H-pyrrole nitrogens is 1. The highest BCUT2D eigenvalue weighted by molar-refractivity contribution is 7.89. The lowest BCUT2D eigenvalue weighted by molar-refractivity contribution is 0.110. The normalized spacial score (nSPS) is 19.6. The number of likely N-dealkylation sites (N-methyl/N-ethyl adjacent to an activating group) is 1.